The van der Waals surface area contributed by atoms with E-state index in [4.69, 9.17) is 9.72 Å². The highest BCUT2D eigenvalue weighted by Crippen LogP contribution is 2.27. The molecule has 3 heterocycles. The molecule has 0 N–H and O–H groups in total. The second kappa shape index (κ2) is 12.6. The minimum absolute atomic E-state index is 0.0464. The summed E-state index contributed by atoms with van der Waals surface area (Å²) in [5.74, 6) is 0.803. The largest absolute Gasteiger partial charge is 0.497 e. The molecule has 2 amide bonds. The maximum Gasteiger partial charge on any atom is 0.254 e. The van der Waals surface area contributed by atoms with Crippen molar-refractivity contribution in [3.05, 3.63) is 108 Å². The monoisotopic (exact) mass is 560 g/mol. The molecule has 1 aromatic heterocycles. The Bertz CT molecular complexity index is 1470. The van der Waals surface area contributed by atoms with Gasteiger partial charge in [-0.05, 0) is 43.2 Å². The predicted octanol–water partition coefficient (Wildman–Crippen LogP) is 5.49. The van der Waals surface area contributed by atoms with Crippen molar-refractivity contribution >= 4 is 11.8 Å². The fourth-order valence-electron chi connectivity index (χ4n) is 6.01. The molecule has 0 aliphatic carbocycles. The quantitative estimate of drug-likeness (QED) is 0.312. The third-order valence-electron chi connectivity index (χ3n) is 8.40. The van der Waals surface area contributed by atoms with Gasteiger partial charge in [-0.3, -0.25) is 14.5 Å². The zero-order valence-electron chi connectivity index (χ0n) is 24.0. The summed E-state index contributed by atoms with van der Waals surface area (Å²) < 4.78 is 5.29. The molecule has 0 atom stereocenters. The van der Waals surface area contributed by atoms with Crippen LogP contribution in [0.5, 0.6) is 5.75 Å². The first-order chi connectivity index (χ1) is 20.6. The molecule has 0 saturated carbocycles. The maximum atomic E-state index is 13.8. The van der Waals surface area contributed by atoms with E-state index in [0.717, 1.165) is 61.5 Å². The first-order valence-electron chi connectivity index (χ1n) is 14.7. The number of aromatic nitrogens is 1. The van der Waals surface area contributed by atoms with E-state index < -0.39 is 0 Å². The van der Waals surface area contributed by atoms with Crippen molar-refractivity contribution in [2.24, 2.45) is 0 Å². The molecule has 0 radical (unpaired) electrons. The number of methoxy groups -OCH3 is 1. The fraction of sp³-hybridized carbons (Fsp3) is 0.286. The van der Waals surface area contributed by atoms with E-state index in [1.807, 2.05) is 101 Å². The number of benzene rings is 3. The Morgan fingerprint density at radius 3 is 1.76 bits per heavy atom. The minimum Gasteiger partial charge on any atom is -0.497 e. The molecule has 7 heteroatoms. The maximum absolute atomic E-state index is 13.8. The number of rotatable bonds is 6. The van der Waals surface area contributed by atoms with E-state index in [-0.39, 0.29) is 11.8 Å². The Morgan fingerprint density at radius 2 is 1.19 bits per heavy atom. The number of carbonyl (C=O) groups excluding carboxylic acids is 2. The second-order valence-corrected chi connectivity index (χ2v) is 10.9. The molecule has 0 bridgehead atoms. The molecular formula is C35H36N4O3. The number of ether oxygens (including phenoxy) is 1. The average molecular weight is 561 g/mol. The molecule has 2 aliphatic heterocycles. The van der Waals surface area contributed by atoms with Crippen LogP contribution in [0.2, 0.25) is 0 Å². The van der Waals surface area contributed by atoms with Crippen molar-refractivity contribution in [2.75, 3.05) is 46.4 Å². The molecule has 4 aromatic rings. The van der Waals surface area contributed by atoms with Crippen LogP contribution in [0.4, 0.5) is 0 Å². The topological polar surface area (TPSA) is 66.0 Å². The van der Waals surface area contributed by atoms with Crippen LogP contribution in [0.3, 0.4) is 0 Å². The summed E-state index contributed by atoms with van der Waals surface area (Å²) >= 11 is 0. The van der Waals surface area contributed by atoms with Crippen molar-refractivity contribution < 1.29 is 14.3 Å². The van der Waals surface area contributed by atoms with Crippen LogP contribution in [0.25, 0.3) is 22.5 Å². The molecule has 42 heavy (non-hydrogen) atoms. The number of hydrogen-bond donors (Lipinski definition) is 0. The van der Waals surface area contributed by atoms with Gasteiger partial charge in [-0.1, -0.05) is 66.7 Å². The van der Waals surface area contributed by atoms with Crippen LogP contribution in [0, 0.1) is 0 Å². The van der Waals surface area contributed by atoms with E-state index in [1.165, 1.54) is 0 Å². The van der Waals surface area contributed by atoms with E-state index in [2.05, 4.69) is 4.90 Å². The highest BCUT2D eigenvalue weighted by Gasteiger charge is 2.31. The van der Waals surface area contributed by atoms with Gasteiger partial charge in [0.1, 0.15) is 5.75 Å². The summed E-state index contributed by atoms with van der Waals surface area (Å²) in [5.41, 5.74) is 4.92. The van der Waals surface area contributed by atoms with Gasteiger partial charge < -0.3 is 14.5 Å². The third-order valence-corrected chi connectivity index (χ3v) is 8.40. The van der Waals surface area contributed by atoms with Gasteiger partial charge in [0.25, 0.3) is 11.8 Å². The standard InChI is InChI=1S/C35H36N4O3/c1-42-31-14-8-13-28(23-31)34(40)38-17-15-30(16-18-38)37-19-21-39(22-20-37)35(41)29-24-32(26-9-4-2-5-10-26)36-33(25-29)27-11-6-3-7-12-27/h2-14,23-25,30H,15-22H2,1H3. The van der Waals surface area contributed by atoms with Crippen LogP contribution >= 0.6 is 0 Å². The van der Waals surface area contributed by atoms with Crippen LogP contribution in [-0.4, -0.2) is 83.9 Å². The van der Waals surface area contributed by atoms with Crippen molar-refractivity contribution in [2.45, 2.75) is 18.9 Å². The SMILES string of the molecule is COc1cccc(C(=O)N2CCC(N3CCN(C(=O)c4cc(-c5ccccc5)nc(-c5ccccc5)c4)CC3)CC2)c1. The predicted molar refractivity (Wildman–Crippen MR) is 165 cm³/mol. The number of amides is 2. The number of pyridine rings is 1. The van der Waals surface area contributed by atoms with Crippen molar-refractivity contribution in [1.29, 1.82) is 0 Å². The lowest BCUT2D eigenvalue weighted by atomic mass is 10.0. The van der Waals surface area contributed by atoms with E-state index in [1.54, 1.807) is 13.2 Å². The van der Waals surface area contributed by atoms with Gasteiger partial charge in [0.2, 0.25) is 0 Å². The Morgan fingerprint density at radius 1 is 0.643 bits per heavy atom. The van der Waals surface area contributed by atoms with E-state index >= 15 is 0 Å². The highest BCUT2D eigenvalue weighted by molar-refractivity contribution is 5.96. The molecule has 6 rings (SSSR count). The van der Waals surface area contributed by atoms with Crippen LogP contribution in [0.15, 0.2) is 97.1 Å². The Balaban J connectivity index is 1.09. The number of piperidine rings is 1. The van der Waals surface area contributed by atoms with E-state index in [0.29, 0.717) is 36.0 Å². The number of hydrogen-bond acceptors (Lipinski definition) is 5. The Hall–Kier alpha value is -4.49. The van der Waals surface area contributed by atoms with Gasteiger partial charge in [0, 0.05) is 67.6 Å². The van der Waals surface area contributed by atoms with Gasteiger partial charge in [-0.2, -0.15) is 0 Å². The number of likely N-dealkylation sites (tertiary alicyclic amines) is 1. The van der Waals surface area contributed by atoms with Crippen LogP contribution in [-0.2, 0) is 0 Å². The zero-order chi connectivity index (χ0) is 28.9. The van der Waals surface area contributed by atoms with Crippen LogP contribution in [0.1, 0.15) is 33.6 Å². The first-order valence-corrected chi connectivity index (χ1v) is 14.7. The fourth-order valence-corrected chi connectivity index (χ4v) is 6.01. The first kappa shape index (κ1) is 27.7. The lowest BCUT2D eigenvalue weighted by Crippen LogP contribution is -2.54. The van der Waals surface area contributed by atoms with Crippen molar-refractivity contribution in [3.8, 4) is 28.3 Å². The summed E-state index contributed by atoms with van der Waals surface area (Å²) in [7, 11) is 1.61. The number of carbonyl (C=O) groups is 2. The molecule has 2 fully saturated rings. The number of nitrogens with zero attached hydrogens (tertiary/aromatic N) is 4. The summed E-state index contributed by atoms with van der Waals surface area (Å²) in [6, 6.07) is 31.7. The van der Waals surface area contributed by atoms with Gasteiger partial charge in [0.15, 0.2) is 0 Å². The third kappa shape index (κ3) is 6.06. The molecular weight excluding hydrogens is 524 g/mol. The van der Waals surface area contributed by atoms with Gasteiger partial charge in [0.05, 0.1) is 18.5 Å². The Kier molecular flexibility index (Phi) is 8.28. The Labute approximate surface area is 247 Å². The molecule has 3 aromatic carbocycles. The lowest BCUT2D eigenvalue weighted by molar-refractivity contribution is 0.0412. The molecule has 0 spiro atoms. The van der Waals surface area contributed by atoms with Gasteiger partial charge in [-0.25, -0.2) is 4.98 Å². The van der Waals surface area contributed by atoms with Crippen LogP contribution < -0.4 is 4.74 Å². The molecule has 214 valence electrons. The van der Waals surface area contributed by atoms with Crippen molar-refractivity contribution in [3.63, 3.8) is 0 Å². The van der Waals surface area contributed by atoms with Gasteiger partial charge >= 0.3 is 0 Å². The number of piperazine rings is 1. The molecule has 2 aliphatic rings. The summed E-state index contributed by atoms with van der Waals surface area (Å²) in [5, 5.41) is 0. The van der Waals surface area contributed by atoms with Gasteiger partial charge in [-0.15, -0.1) is 0 Å². The van der Waals surface area contributed by atoms with Crippen molar-refractivity contribution in [1.82, 2.24) is 19.7 Å². The lowest BCUT2D eigenvalue weighted by Gasteiger charge is -2.42. The summed E-state index contributed by atoms with van der Waals surface area (Å²) in [6.07, 6.45) is 1.88. The second-order valence-electron chi connectivity index (χ2n) is 10.9. The minimum atomic E-state index is 0.0464. The smallest absolute Gasteiger partial charge is 0.254 e. The normalized spacial score (nSPS) is 16.3. The zero-order valence-corrected chi connectivity index (χ0v) is 24.0. The summed E-state index contributed by atoms with van der Waals surface area (Å²) in [6.45, 7) is 4.52. The molecule has 2 saturated heterocycles. The summed E-state index contributed by atoms with van der Waals surface area (Å²) in [4.78, 5) is 38.1. The molecule has 0 unspecified atom stereocenters. The highest BCUT2D eigenvalue weighted by atomic mass is 16.5. The molecule has 7 nitrogen and oxygen atoms in total. The average Bonchev–Trinajstić information content (AvgIpc) is 3.08. The van der Waals surface area contributed by atoms with E-state index in [9.17, 15) is 9.59 Å².